The van der Waals surface area contributed by atoms with Crippen LogP contribution in [0.3, 0.4) is 0 Å². The molecule has 0 bridgehead atoms. The molecule has 5 unspecified atom stereocenters. The average Bonchev–Trinajstić information content (AvgIpc) is 2.90. The lowest BCUT2D eigenvalue weighted by Crippen LogP contribution is -2.32. The van der Waals surface area contributed by atoms with Crippen LogP contribution in [0.4, 0.5) is 0 Å². The molecule has 0 radical (unpaired) electrons. The van der Waals surface area contributed by atoms with Crippen LogP contribution in [0.1, 0.15) is 13.8 Å². The second-order valence-electron chi connectivity index (χ2n) is 3.92. The van der Waals surface area contributed by atoms with Crippen LogP contribution < -0.4 is 0 Å². The highest BCUT2D eigenvalue weighted by atomic mass is 16.7. The first-order valence-electron chi connectivity index (χ1n) is 4.99. The monoisotopic (exact) mass is 185 g/mol. The molecule has 3 aliphatic heterocycles. The van der Waals surface area contributed by atoms with E-state index in [2.05, 4.69) is 18.7 Å². The van der Waals surface area contributed by atoms with E-state index in [0.29, 0.717) is 24.5 Å². The lowest BCUT2D eigenvalue weighted by molar-refractivity contribution is 0.120. The molecule has 3 aliphatic rings. The van der Waals surface area contributed by atoms with E-state index in [9.17, 15) is 0 Å². The van der Waals surface area contributed by atoms with Gasteiger partial charge in [-0.3, -0.25) is 0 Å². The fourth-order valence-corrected chi connectivity index (χ4v) is 1.95. The summed E-state index contributed by atoms with van der Waals surface area (Å²) in [6, 6.07) is 0. The number of ether oxygens (including phenoxy) is 3. The highest BCUT2D eigenvalue weighted by Crippen LogP contribution is 2.41. The molecule has 0 saturated carbocycles. The largest absolute Gasteiger partial charge is 0.367 e. The van der Waals surface area contributed by atoms with Crippen molar-refractivity contribution in [2.75, 3.05) is 13.2 Å². The SMILES string of the molecule is CCN(C1CO1)C1OC1C1OC1C. The van der Waals surface area contributed by atoms with Crippen molar-refractivity contribution in [2.45, 2.75) is 44.6 Å². The van der Waals surface area contributed by atoms with Gasteiger partial charge in [-0.05, 0) is 6.92 Å². The van der Waals surface area contributed by atoms with Gasteiger partial charge in [0.1, 0.15) is 24.7 Å². The van der Waals surface area contributed by atoms with E-state index >= 15 is 0 Å². The fourth-order valence-electron chi connectivity index (χ4n) is 1.95. The minimum absolute atomic E-state index is 0.257. The van der Waals surface area contributed by atoms with Gasteiger partial charge in [0.05, 0.1) is 12.7 Å². The Labute approximate surface area is 77.7 Å². The van der Waals surface area contributed by atoms with Crippen LogP contribution in [0.5, 0.6) is 0 Å². The van der Waals surface area contributed by atoms with Crippen molar-refractivity contribution in [1.82, 2.24) is 4.90 Å². The molecule has 3 heterocycles. The van der Waals surface area contributed by atoms with Gasteiger partial charge < -0.3 is 14.2 Å². The molecule has 4 heteroatoms. The lowest BCUT2D eigenvalue weighted by atomic mass is 10.2. The van der Waals surface area contributed by atoms with E-state index in [1.165, 1.54) is 0 Å². The molecular formula is C9H15NO3. The summed E-state index contributed by atoms with van der Waals surface area (Å²) in [5.41, 5.74) is 0. The summed E-state index contributed by atoms with van der Waals surface area (Å²) in [5.74, 6) is 0. The molecule has 13 heavy (non-hydrogen) atoms. The van der Waals surface area contributed by atoms with Gasteiger partial charge >= 0.3 is 0 Å². The molecular weight excluding hydrogens is 170 g/mol. The Balaban J connectivity index is 1.55. The highest BCUT2D eigenvalue weighted by molar-refractivity contribution is 5.01. The van der Waals surface area contributed by atoms with Crippen LogP contribution in [0.25, 0.3) is 0 Å². The van der Waals surface area contributed by atoms with Crippen molar-refractivity contribution in [1.29, 1.82) is 0 Å². The Morgan fingerprint density at radius 3 is 2.46 bits per heavy atom. The predicted octanol–water partition coefficient (Wildman–Crippen LogP) is 0.177. The molecule has 0 spiro atoms. The maximum atomic E-state index is 5.59. The summed E-state index contributed by atoms with van der Waals surface area (Å²) in [6.45, 7) is 6.08. The third-order valence-corrected chi connectivity index (χ3v) is 2.96. The fraction of sp³-hybridized carbons (Fsp3) is 1.00. The summed E-state index contributed by atoms with van der Waals surface area (Å²) in [7, 11) is 0. The average molecular weight is 185 g/mol. The molecule has 0 aromatic heterocycles. The number of epoxide rings is 3. The second-order valence-corrected chi connectivity index (χ2v) is 3.92. The van der Waals surface area contributed by atoms with Gasteiger partial charge in [0.25, 0.3) is 0 Å². The van der Waals surface area contributed by atoms with E-state index in [0.717, 1.165) is 13.2 Å². The standard InChI is InChI=1S/C9H15NO3/c1-3-10(6-4-11-6)9-8(13-9)7-5(2)12-7/h5-9H,3-4H2,1-2H3. The number of hydrogen-bond acceptors (Lipinski definition) is 4. The van der Waals surface area contributed by atoms with Gasteiger partial charge in [-0.1, -0.05) is 6.92 Å². The molecule has 0 amide bonds. The van der Waals surface area contributed by atoms with Gasteiger partial charge in [-0.25, -0.2) is 4.90 Å². The van der Waals surface area contributed by atoms with E-state index < -0.39 is 0 Å². The van der Waals surface area contributed by atoms with Crippen molar-refractivity contribution in [3.63, 3.8) is 0 Å². The first-order chi connectivity index (χ1) is 6.31. The third kappa shape index (κ3) is 1.38. The van der Waals surface area contributed by atoms with Crippen molar-refractivity contribution >= 4 is 0 Å². The van der Waals surface area contributed by atoms with Crippen molar-refractivity contribution in [3.05, 3.63) is 0 Å². The second kappa shape index (κ2) is 2.67. The van der Waals surface area contributed by atoms with Gasteiger partial charge in [0.2, 0.25) is 0 Å². The Bertz CT molecular complexity index is 219. The molecule has 0 aromatic rings. The summed E-state index contributed by atoms with van der Waals surface area (Å²) >= 11 is 0. The molecule has 3 fully saturated rings. The van der Waals surface area contributed by atoms with Crippen LogP contribution in [0.15, 0.2) is 0 Å². The van der Waals surface area contributed by atoms with Crippen molar-refractivity contribution in [3.8, 4) is 0 Å². The normalized spacial score (nSPS) is 52.4. The van der Waals surface area contributed by atoms with Crippen molar-refractivity contribution in [2.24, 2.45) is 0 Å². The summed E-state index contributed by atoms with van der Waals surface area (Å²) < 4.78 is 16.2. The molecule has 4 nitrogen and oxygen atoms in total. The number of hydrogen-bond donors (Lipinski definition) is 0. The van der Waals surface area contributed by atoms with Crippen molar-refractivity contribution < 1.29 is 14.2 Å². The number of rotatable bonds is 4. The topological polar surface area (TPSA) is 40.8 Å². The smallest absolute Gasteiger partial charge is 0.142 e. The Morgan fingerprint density at radius 2 is 2.00 bits per heavy atom. The first kappa shape index (κ1) is 8.17. The van der Waals surface area contributed by atoms with Crippen LogP contribution in [-0.2, 0) is 14.2 Å². The predicted molar refractivity (Wildman–Crippen MR) is 45.1 cm³/mol. The summed E-state index contributed by atoms with van der Waals surface area (Å²) in [4.78, 5) is 2.26. The zero-order chi connectivity index (χ0) is 9.00. The molecule has 0 aromatic carbocycles. The number of likely N-dealkylation sites (N-methyl/N-ethyl adjacent to an activating group) is 1. The minimum atomic E-state index is 0.257. The Morgan fingerprint density at radius 1 is 1.31 bits per heavy atom. The lowest BCUT2D eigenvalue weighted by Gasteiger charge is -2.13. The molecule has 74 valence electrons. The molecule has 5 atom stereocenters. The molecule has 3 saturated heterocycles. The van der Waals surface area contributed by atoms with Crippen LogP contribution in [0, 0.1) is 0 Å². The minimum Gasteiger partial charge on any atom is -0.367 e. The van der Waals surface area contributed by atoms with Crippen LogP contribution in [0.2, 0.25) is 0 Å². The zero-order valence-electron chi connectivity index (χ0n) is 7.97. The van der Waals surface area contributed by atoms with E-state index in [4.69, 9.17) is 14.2 Å². The summed E-state index contributed by atoms with van der Waals surface area (Å²) in [6.07, 6.45) is 1.62. The summed E-state index contributed by atoms with van der Waals surface area (Å²) in [5, 5.41) is 0. The Kier molecular flexibility index (Phi) is 1.68. The van der Waals surface area contributed by atoms with E-state index in [-0.39, 0.29) is 6.23 Å². The van der Waals surface area contributed by atoms with Crippen LogP contribution in [-0.4, -0.2) is 48.8 Å². The van der Waals surface area contributed by atoms with E-state index in [1.54, 1.807) is 0 Å². The first-order valence-corrected chi connectivity index (χ1v) is 4.99. The molecule has 3 rings (SSSR count). The maximum Gasteiger partial charge on any atom is 0.142 e. The van der Waals surface area contributed by atoms with Gasteiger partial charge in [-0.15, -0.1) is 0 Å². The number of nitrogens with zero attached hydrogens (tertiary/aromatic N) is 1. The highest BCUT2D eigenvalue weighted by Gasteiger charge is 2.59. The third-order valence-electron chi connectivity index (χ3n) is 2.96. The molecule has 0 aliphatic carbocycles. The quantitative estimate of drug-likeness (QED) is 0.586. The van der Waals surface area contributed by atoms with Gasteiger partial charge in [0.15, 0.2) is 0 Å². The van der Waals surface area contributed by atoms with Crippen LogP contribution >= 0.6 is 0 Å². The Hall–Kier alpha value is -0.160. The zero-order valence-corrected chi connectivity index (χ0v) is 7.97. The van der Waals surface area contributed by atoms with Gasteiger partial charge in [-0.2, -0.15) is 0 Å². The van der Waals surface area contributed by atoms with E-state index in [1.807, 2.05) is 0 Å². The van der Waals surface area contributed by atoms with Gasteiger partial charge in [0, 0.05) is 6.54 Å². The molecule has 0 N–H and O–H groups in total. The maximum absolute atomic E-state index is 5.59.